The van der Waals surface area contributed by atoms with Gasteiger partial charge in [-0.15, -0.1) is 0 Å². The summed E-state index contributed by atoms with van der Waals surface area (Å²) in [6.07, 6.45) is 0.448. The highest BCUT2D eigenvalue weighted by Crippen LogP contribution is 2.32. The molecule has 5 heteroatoms. The molecule has 0 bridgehead atoms. The number of rotatable bonds is 2. The molecule has 86 valence electrons. The zero-order chi connectivity index (χ0) is 12.4. The van der Waals surface area contributed by atoms with Crippen molar-refractivity contribution in [3.63, 3.8) is 0 Å². The molecule has 0 aliphatic carbocycles. The number of anilines is 1. The molecule has 0 saturated carbocycles. The standard InChI is InChI=1S/C12H10N2O3/c1-17-10-6-8(7-13)2-3-9(10)14-11(15)4-5-12(14)16/h2-3,6H,4-5H2,1H3. The lowest BCUT2D eigenvalue weighted by Crippen LogP contribution is -2.28. The molecule has 1 aliphatic rings. The second kappa shape index (κ2) is 4.26. The molecular formula is C12H10N2O3. The van der Waals surface area contributed by atoms with Crippen LogP contribution in [0.15, 0.2) is 18.2 Å². The van der Waals surface area contributed by atoms with Gasteiger partial charge in [0.25, 0.3) is 0 Å². The molecule has 1 aromatic rings. The van der Waals surface area contributed by atoms with Crippen LogP contribution in [-0.4, -0.2) is 18.9 Å². The summed E-state index contributed by atoms with van der Waals surface area (Å²) in [5, 5.41) is 8.76. The molecule has 1 aliphatic heterocycles. The van der Waals surface area contributed by atoms with E-state index in [-0.39, 0.29) is 24.7 Å². The summed E-state index contributed by atoms with van der Waals surface area (Å²) in [6, 6.07) is 6.59. The molecule has 0 unspecified atom stereocenters. The SMILES string of the molecule is COc1cc(C#N)ccc1N1C(=O)CCC1=O. The lowest BCUT2D eigenvalue weighted by atomic mass is 10.2. The number of nitriles is 1. The van der Waals surface area contributed by atoms with Crippen LogP contribution in [0.3, 0.4) is 0 Å². The average Bonchev–Trinajstić information content (AvgIpc) is 2.68. The minimum atomic E-state index is -0.238. The number of methoxy groups -OCH3 is 1. The zero-order valence-corrected chi connectivity index (χ0v) is 9.27. The third-order valence-electron chi connectivity index (χ3n) is 2.60. The third-order valence-corrected chi connectivity index (χ3v) is 2.60. The van der Waals surface area contributed by atoms with Crippen molar-refractivity contribution in [3.05, 3.63) is 23.8 Å². The van der Waals surface area contributed by atoms with E-state index in [0.29, 0.717) is 17.0 Å². The minimum Gasteiger partial charge on any atom is -0.495 e. The van der Waals surface area contributed by atoms with Crippen LogP contribution in [0.2, 0.25) is 0 Å². The number of carbonyl (C=O) groups is 2. The van der Waals surface area contributed by atoms with Crippen LogP contribution in [0.5, 0.6) is 5.75 Å². The Morgan fingerprint density at radius 3 is 2.47 bits per heavy atom. The number of hydrogen-bond donors (Lipinski definition) is 0. The van der Waals surface area contributed by atoms with Crippen LogP contribution in [0.4, 0.5) is 5.69 Å². The van der Waals surface area contributed by atoms with Crippen LogP contribution in [0.1, 0.15) is 18.4 Å². The first-order valence-corrected chi connectivity index (χ1v) is 5.11. The van der Waals surface area contributed by atoms with Crippen molar-refractivity contribution < 1.29 is 14.3 Å². The molecule has 0 radical (unpaired) electrons. The number of benzene rings is 1. The van der Waals surface area contributed by atoms with Gasteiger partial charge in [-0.1, -0.05) is 0 Å². The van der Waals surface area contributed by atoms with Gasteiger partial charge in [0.05, 0.1) is 24.4 Å². The quantitative estimate of drug-likeness (QED) is 0.716. The number of nitrogens with zero attached hydrogens (tertiary/aromatic N) is 2. The normalized spacial score (nSPS) is 14.9. The molecule has 1 heterocycles. The fraction of sp³-hybridized carbons (Fsp3) is 0.250. The summed E-state index contributed by atoms with van der Waals surface area (Å²) in [4.78, 5) is 24.3. The van der Waals surface area contributed by atoms with Crippen LogP contribution in [0, 0.1) is 11.3 Å². The van der Waals surface area contributed by atoms with Crippen LogP contribution >= 0.6 is 0 Å². The summed E-state index contributed by atoms with van der Waals surface area (Å²) in [5.41, 5.74) is 0.823. The predicted octanol–water partition coefficient (Wildman–Crippen LogP) is 1.22. The van der Waals surface area contributed by atoms with Gasteiger partial charge in [0.1, 0.15) is 5.75 Å². The fourth-order valence-corrected chi connectivity index (χ4v) is 1.78. The smallest absolute Gasteiger partial charge is 0.234 e. The lowest BCUT2D eigenvalue weighted by molar-refractivity contribution is -0.121. The van der Waals surface area contributed by atoms with Crippen molar-refractivity contribution >= 4 is 17.5 Å². The largest absolute Gasteiger partial charge is 0.495 e. The van der Waals surface area contributed by atoms with Gasteiger partial charge in [-0.3, -0.25) is 9.59 Å². The van der Waals surface area contributed by atoms with E-state index in [9.17, 15) is 9.59 Å². The molecule has 0 atom stereocenters. The Hall–Kier alpha value is -2.35. The van der Waals surface area contributed by atoms with Gasteiger partial charge in [0, 0.05) is 18.9 Å². The van der Waals surface area contributed by atoms with E-state index in [2.05, 4.69) is 0 Å². The molecule has 1 aromatic carbocycles. The number of hydrogen-bond acceptors (Lipinski definition) is 4. The fourth-order valence-electron chi connectivity index (χ4n) is 1.78. The Morgan fingerprint density at radius 2 is 1.94 bits per heavy atom. The molecule has 0 aromatic heterocycles. The van der Waals surface area contributed by atoms with Crippen molar-refractivity contribution in [2.24, 2.45) is 0 Å². The Labute approximate surface area is 98.2 Å². The third kappa shape index (κ3) is 1.85. The van der Waals surface area contributed by atoms with E-state index in [4.69, 9.17) is 10.00 Å². The first kappa shape index (κ1) is 11.1. The second-order valence-corrected chi connectivity index (χ2v) is 3.62. The summed E-state index contributed by atoms with van der Waals surface area (Å²) >= 11 is 0. The Morgan fingerprint density at radius 1 is 1.29 bits per heavy atom. The summed E-state index contributed by atoms with van der Waals surface area (Å²) < 4.78 is 5.10. The molecule has 0 N–H and O–H groups in total. The minimum absolute atomic E-state index is 0.224. The van der Waals surface area contributed by atoms with Gasteiger partial charge in [0.15, 0.2) is 0 Å². The molecule has 2 amide bonds. The Kier molecular flexibility index (Phi) is 2.79. The summed E-state index contributed by atoms with van der Waals surface area (Å²) in [6.45, 7) is 0. The lowest BCUT2D eigenvalue weighted by Gasteiger charge is -2.17. The Bertz CT molecular complexity index is 515. The molecule has 0 spiro atoms. The van der Waals surface area contributed by atoms with Crippen LogP contribution in [0.25, 0.3) is 0 Å². The zero-order valence-electron chi connectivity index (χ0n) is 9.27. The van der Waals surface area contributed by atoms with Gasteiger partial charge in [-0.25, -0.2) is 4.90 Å². The molecule has 2 rings (SSSR count). The molecule has 1 fully saturated rings. The van der Waals surface area contributed by atoms with Gasteiger partial charge >= 0.3 is 0 Å². The maximum atomic E-state index is 11.6. The van der Waals surface area contributed by atoms with E-state index in [0.717, 1.165) is 4.90 Å². The summed E-state index contributed by atoms with van der Waals surface area (Å²) in [7, 11) is 1.44. The highest BCUT2D eigenvalue weighted by atomic mass is 16.5. The predicted molar refractivity (Wildman–Crippen MR) is 59.4 cm³/mol. The van der Waals surface area contributed by atoms with Crippen LogP contribution in [-0.2, 0) is 9.59 Å². The maximum absolute atomic E-state index is 11.6. The van der Waals surface area contributed by atoms with Crippen molar-refractivity contribution in [3.8, 4) is 11.8 Å². The van der Waals surface area contributed by atoms with E-state index < -0.39 is 0 Å². The maximum Gasteiger partial charge on any atom is 0.234 e. The Balaban J connectivity index is 2.48. The van der Waals surface area contributed by atoms with Gasteiger partial charge in [0.2, 0.25) is 11.8 Å². The van der Waals surface area contributed by atoms with Crippen molar-refractivity contribution in [1.29, 1.82) is 5.26 Å². The van der Waals surface area contributed by atoms with E-state index >= 15 is 0 Å². The number of carbonyl (C=O) groups excluding carboxylic acids is 2. The first-order valence-electron chi connectivity index (χ1n) is 5.11. The molecule has 17 heavy (non-hydrogen) atoms. The topological polar surface area (TPSA) is 70.4 Å². The molecular weight excluding hydrogens is 220 g/mol. The van der Waals surface area contributed by atoms with Gasteiger partial charge in [-0.2, -0.15) is 5.26 Å². The van der Waals surface area contributed by atoms with E-state index in [1.54, 1.807) is 12.1 Å². The second-order valence-electron chi connectivity index (χ2n) is 3.62. The summed E-state index contributed by atoms with van der Waals surface area (Å²) in [5.74, 6) is -0.122. The highest BCUT2D eigenvalue weighted by molar-refractivity contribution is 6.20. The first-order chi connectivity index (χ1) is 8.17. The van der Waals surface area contributed by atoms with E-state index in [1.807, 2.05) is 6.07 Å². The number of amides is 2. The molecule has 5 nitrogen and oxygen atoms in total. The number of imide groups is 1. The van der Waals surface area contributed by atoms with E-state index in [1.165, 1.54) is 13.2 Å². The monoisotopic (exact) mass is 230 g/mol. The van der Waals surface area contributed by atoms with Crippen LogP contribution < -0.4 is 9.64 Å². The highest BCUT2D eigenvalue weighted by Gasteiger charge is 2.32. The average molecular weight is 230 g/mol. The van der Waals surface area contributed by atoms with Crippen molar-refractivity contribution in [2.45, 2.75) is 12.8 Å². The van der Waals surface area contributed by atoms with Gasteiger partial charge in [-0.05, 0) is 12.1 Å². The molecule has 1 saturated heterocycles. The van der Waals surface area contributed by atoms with Crippen molar-refractivity contribution in [2.75, 3.05) is 12.0 Å². The van der Waals surface area contributed by atoms with Gasteiger partial charge < -0.3 is 4.74 Å². The number of ether oxygens (including phenoxy) is 1. The van der Waals surface area contributed by atoms with Crippen molar-refractivity contribution in [1.82, 2.24) is 0 Å².